The fourth-order valence-corrected chi connectivity index (χ4v) is 1.95. The van der Waals surface area contributed by atoms with Gasteiger partial charge in [0.2, 0.25) is 0 Å². The zero-order chi connectivity index (χ0) is 12.5. The summed E-state index contributed by atoms with van der Waals surface area (Å²) >= 11 is 5.90. The summed E-state index contributed by atoms with van der Waals surface area (Å²) in [7, 11) is 0. The Balaban J connectivity index is 2.49. The van der Waals surface area contributed by atoms with E-state index in [4.69, 9.17) is 16.3 Å². The maximum Gasteiger partial charge on any atom is 0.0590 e. The van der Waals surface area contributed by atoms with Gasteiger partial charge in [0.25, 0.3) is 0 Å². The van der Waals surface area contributed by atoms with Crippen LogP contribution in [0.25, 0.3) is 0 Å². The molecule has 0 fully saturated rings. The molecule has 1 unspecified atom stereocenters. The molecule has 0 saturated heterocycles. The second-order valence-electron chi connectivity index (χ2n) is 4.04. The Morgan fingerprint density at radius 1 is 1.24 bits per heavy atom. The molecule has 0 aliphatic rings. The van der Waals surface area contributed by atoms with Gasteiger partial charge in [0, 0.05) is 24.2 Å². The number of nitrogens with one attached hydrogen (secondary N) is 1. The summed E-state index contributed by atoms with van der Waals surface area (Å²) in [6.45, 7) is 6.66. The van der Waals surface area contributed by atoms with Gasteiger partial charge >= 0.3 is 0 Å². The number of hydrogen-bond donors (Lipinski definition) is 1. The largest absolute Gasteiger partial charge is 0.380 e. The Kier molecular flexibility index (Phi) is 7.25. The van der Waals surface area contributed by atoms with Crippen LogP contribution in [0.15, 0.2) is 24.3 Å². The second kappa shape index (κ2) is 8.51. The summed E-state index contributed by atoms with van der Waals surface area (Å²) in [5, 5.41) is 4.31. The van der Waals surface area contributed by atoms with Crippen molar-refractivity contribution in [3.05, 3.63) is 34.9 Å². The van der Waals surface area contributed by atoms with Gasteiger partial charge in [-0.25, -0.2) is 0 Å². The van der Waals surface area contributed by atoms with Crippen LogP contribution in [0.2, 0.25) is 5.02 Å². The van der Waals surface area contributed by atoms with E-state index < -0.39 is 0 Å². The summed E-state index contributed by atoms with van der Waals surface area (Å²) < 4.78 is 5.33. The van der Waals surface area contributed by atoms with Crippen molar-refractivity contribution < 1.29 is 4.74 Å². The summed E-state index contributed by atoms with van der Waals surface area (Å²) in [4.78, 5) is 0. The first-order valence-electron chi connectivity index (χ1n) is 6.34. The van der Waals surface area contributed by atoms with Crippen LogP contribution in [0.4, 0.5) is 0 Å². The molecular weight excluding hydrogens is 234 g/mol. The van der Waals surface area contributed by atoms with Gasteiger partial charge in [0.15, 0.2) is 0 Å². The van der Waals surface area contributed by atoms with Crippen LogP contribution in [0.1, 0.15) is 38.3 Å². The summed E-state index contributed by atoms with van der Waals surface area (Å²) in [6.07, 6.45) is 2.29. The number of rotatable bonds is 8. The van der Waals surface area contributed by atoms with E-state index in [0.29, 0.717) is 6.04 Å². The molecule has 0 spiro atoms. The van der Waals surface area contributed by atoms with Gasteiger partial charge in [0.05, 0.1) is 6.61 Å². The number of halogens is 1. The highest BCUT2D eigenvalue weighted by molar-refractivity contribution is 6.30. The van der Waals surface area contributed by atoms with Crippen LogP contribution in [0, 0.1) is 0 Å². The molecule has 0 aromatic heterocycles. The van der Waals surface area contributed by atoms with Crippen molar-refractivity contribution in [2.75, 3.05) is 19.8 Å². The number of ether oxygens (including phenoxy) is 1. The van der Waals surface area contributed by atoms with E-state index in [2.05, 4.69) is 24.4 Å². The normalized spacial score (nSPS) is 12.6. The zero-order valence-corrected chi connectivity index (χ0v) is 11.5. The molecule has 0 saturated carbocycles. The molecule has 0 aliphatic heterocycles. The maximum absolute atomic E-state index is 5.90. The summed E-state index contributed by atoms with van der Waals surface area (Å²) in [6, 6.07) is 8.48. The lowest BCUT2D eigenvalue weighted by atomic mass is 10.0. The molecule has 3 heteroatoms. The molecule has 1 N–H and O–H groups in total. The molecule has 1 aromatic rings. The second-order valence-corrected chi connectivity index (χ2v) is 4.48. The molecule has 1 aromatic carbocycles. The van der Waals surface area contributed by atoms with Gasteiger partial charge in [-0.1, -0.05) is 37.1 Å². The third kappa shape index (κ3) is 5.53. The lowest BCUT2D eigenvalue weighted by molar-refractivity contribution is 0.146. The molecule has 1 rings (SSSR count). The molecule has 0 amide bonds. The third-order valence-electron chi connectivity index (χ3n) is 2.69. The van der Waals surface area contributed by atoms with Crippen molar-refractivity contribution in [2.45, 2.75) is 32.7 Å². The standard InChI is InChI=1S/C14H22ClNO/c1-3-5-14(16-10-11-17-4-2)12-6-8-13(15)9-7-12/h6-9,14,16H,3-5,10-11H2,1-2H3. The molecular formula is C14H22ClNO. The van der Waals surface area contributed by atoms with Crippen LogP contribution in [-0.2, 0) is 4.74 Å². The Hall–Kier alpha value is -0.570. The van der Waals surface area contributed by atoms with E-state index in [-0.39, 0.29) is 0 Å². The predicted octanol–water partition coefficient (Wildman–Crippen LogP) is 3.81. The van der Waals surface area contributed by atoms with Gasteiger partial charge in [-0.3, -0.25) is 0 Å². The Labute approximate surface area is 109 Å². The van der Waals surface area contributed by atoms with Crippen molar-refractivity contribution in [3.63, 3.8) is 0 Å². The highest BCUT2D eigenvalue weighted by Gasteiger charge is 2.09. The highest BCUT2D eigenvalue weighted by Crippen LogP contribution is 2.20. The highest BCUT2D eigenvalue weighted by atomic mass is 35.5. The molecule has 96 valence electrons. The van der Waals surface area contributed by atoms with E-state index in [1.165, 1.54) is 5.56 Å². The van der Waals surface area contributed by atoms with Crippen molar-refractivity contribution >= 4 is 11.6 Å². The molecule has 17 heavy (non-hydrogen) atoms. The molecule has 0 heterocycles. The minimum absolute atomic E-state index is 0.401. The zero-order valence-electron chi connectivity index (χ0n) is 10.7. The fourth-order valence-electron chi connectivity index (χ4n) is 1.82. The maximum atomic E-state index is 5.90. The van der Waals surface area contributed by atoms with Gasteiger partial charge in [-0.05, 0) is 31.0 Å². The van der Waals surface area contributed by atoms with Crippen LogP contribution in [0.3, 0.4) is 0 Å². The molecule has 0 aliphatic carbocycles. The average molecular weight is 256 g/mol. The monoisotopic (exact) mass is 255 g/mol. The Bertz CT molecular complexity index is 300. The van der Waals surface area contributed by atoms with Gasteiger partial charge in [-0.2, -0.15) is 0 Å². The quantitative estimate of drug-likeness (QED) is 0.714. The van der Waals surface area contributed by atoms with Gasteiger partial charge < -0.3 is 10.1 Å². The van der Waals surface area contributed by atoms with Crippen LogP contribution >= 0.6 is 11.6 Å². The van der Waals surface area contributed by atoms with Crippen molar-refractivity contribution in [3.8, 4) is 0 Å². The fraction of sp³-hybridized carbons (Fsp3) is 0.571. The van der Waals surface area contributed by atoms with E-state index in [1.807, 2.05) is 19.1 Å². The first-order valence-corrected chi connectivity index (χ1v) is 6.72. The van der Waals surface area contributed by atoms with Gasteiger partial charge in [-0.15, -0.1) is 0 Å². The molecule has 0 radical (unpaired) electrons. The minimum Gasteiger partial charge on any atom is -0.380 e. The van der Waals surface area contributed by atoms with Crippen LogP contribution in [0.5, 0.6) is 0 Å². The first-order chi connectivity index (χ1) is 8.27. The van der Waals surface area contributed by atoms with E-state index >= 15 is 0 Å². The molecule has 0 bridgehead atoms. The Morgan fingerprint density at radius 2 is 1.94 bits per heavy atom. The van der Waals surface area contributed by atoms with Crippen LogP contribution in [-0.4, -0.2) is 19.8 Å². The number of hydrogen-bond acceptors (Lipinski definition) is 2. The summed E-state index contributed by atoms with van der Waals surface area (Å²) in [5.41, 5.74) is 1.30. The van der Waals surface area contributed by atoms with E-state index in [9.17, 15) is 0 Å². The minimum atomic E-state index is 0.401. The van der Waals surface area contributed by atoms with E-state index in [0.717, 1.165) is 37.6 Å². The van der Waals surface area contributed by atoms with Crippen LogP contribution < -0.4 is 5.32 Å². The topological polar surface area (TPSA) is 21.3 Å². The van der Waals surface area contributed by atoms with Crippen molar-refractivity contribution in [1.29, 1.82) is 0 Å². The number of benzene rings is 1. The van der Waals surface area contributed by atoms with Crippen molar-refractivity contribution in [2.24, 2.45) is 0 Å². The smallest absolute Gasteiger partial charge is 0.0590 e. The van der Waals surface area contributed by atoms with Gasteiger partial charge in [0.1, 0.15) is 0 Å². The SMILES string of the molecule is CCCC(NCCOCC)c1ccc(Cl)cc1. The lowest BCUT2D eigenvalue weighted by Crippen LogP contribution is -2.25. The molecule has 1 atom stereocenters. The van der Waals surface area contributed by atoms with E-state index in [1.54, 1.807) is 0 Å². The molecule has 2 nitrogen and oxygen atoms in total. The summed E-state index contributed by atoms with van der Waals surface area (Å²) in [5.74, 6) is 0. The average Bonchev–Trinajstić information content (AvgIpc) is 2.34. The predicted molar refractivity (Wildman–Crippen MR) is 73.6 cm³/mol. The Morgan fingerprint density at radius 3 is 2.53 bits per heavy atom. The van der Waals surface area contributed by atoms with Crippen molar-refractivity contribution in [1.82, 2.24) is 5.32 Å². The lowest BCUT2D eigenvalue weighted by Gasteiger charge is -2.18. The first kappa shape index (κ1) is 14.5. The third-order valence-corrected chi connectivity index (χ3v) is 2.94.